The van der Waals surface area contributed by atoms with Crippen molar-refractivity contribution in [1.29, 1.82) is 0 Å². The molecular formula is C29H38N6O6. The lowest BCUT2D eigenvalue weighted by atomic mass is 10.0. The predicted molar refractivity (Wildman–Crippen MR) is 154 cm³/mol. The highest BCUT2D eigenvalue weighted by Crippen LogP contribution is 2.19. The highest BCUT2D eigenvalue weighted by molar-refractivity contribution is 5.94. The third-order valence-electron chi connectivity index (χ3n) is 6.78. The summed E-state index contributed by atoms with van der Waals surface area (Å²) in [5, 5.41) is 27.9. The van der Waals surface area contributed by atoms with Crippen LogP contribution in [0.3, 0.4) is 0 Å². The fourth-order valence-corrected chi connectivity index (χ4v) is 4.39. The number of H-pyrrole nitrogens is 1. The molecule has 0 bridgehead atoms. The van der Waals surface area contributed by atoms with Crippen molar-refractivity contribution >= 4 is 34.6 Å². The number of phenols is 1. The number of nitrogens with one attached hydrogen (secondary N) is 4. The van der Waals surface area contributed by atoms with E-state index in [9.17, 15) is 29.4 Å². The second-order valence-electron chi connectivity index (χ2n) is 10.0. The van der Waals surface area contributed by atoms with Crippen molar-refractivity contribution in [1.82, 2.24) is 20.9 Å². The van der Waals surface area contributed by atoms with Crippen LogP contribution in [0.15, 0.2) is 54.7 Å². The lowest BCUT2D eigenvalue weighted by Gasteiger charge is -2.24. The van der Waals surface area contributed by atoms with Gasteiger partial charge < -0.3 is 42.6 Å². The number of carboxylic acids is 1. The van der Waals surface area contributed by atoms with Gasteiger partial charge in [-0.25, -0.2) is 4.79 Å². The van der Waals surface area contributed by atoms with Crippen LogP contribution >= 0.6 is 0 Å². The van der Waals surface area contributed by atoms with Gasteiger partial charge in [-0.3, -0.25) is 14.4 Å². The van der Waals surface area contributed by atoms with Gasteiger partial charge in [-0.2, -0.15) is 0 Å². The number of fused-ring (bicyclic) bond motifs is 1. The number of hydrogen-bond donors (Lipinski definition) is 8. The fourth-order valence-electron chi connectivity index (χ4n) is 4.39. The normalized spacial score (nSPS) is 14.0. The number of para-hydroxylation sites is 1. The van der Waals surface area contributed by atoms with Crippen LogP contribution in [0, 0.1) is 0 Å². The number of carbonyl (C=O) groups is 4. The van der Waals surface area contributed by atoms with Crippen molar-refractivity contribution in [2.75, 3.05) is 6.54 Å². The van der Waals surface area contributed by atoms with E-state index in [1.165, 1.54) is 19.1 Å². The summed E-state index contributed by atoms with van der Waals surface area (Å²) in [4.78, 5) is 54.0. The highest BCUT2D eigenvalue weighted by atomic mass is 16.4. The molecule has 41 heavy (non-hydrogen) atoms. The number of aromatic amines is 1. The minimum atomic E-state index is -1.24. The van der Waals surface area contributed by atoms with Crippen molar-refractivity contribution in [3.63, 3.8) is 0 Å². The van der Waals surface area contributed by atoms with Crippen LogP contribution in [-0.2, 0) is 32.0 Å². The Balaban J connectivity index is 1.67. The number of rotatable bonds is 15. The second kappa shape index (κ2) is 14.8. The maximum absolute atomic E-state index is 13.2. The van der Waals surface area contributed by atoms with Crippen LogP contribution in [0.1, 0.15) is 37.3 Å². The first-order valence-electron chi connectivity index (χ1n) is 13.5. The smallest absolute Gasteiger partial charge is 0.326 e. The summed E-state index contributed by atoms with van der Waals surface area (Å²) < 4.78 is 0. The maximum Gasteiger partial charge on any atom is 0.326 e. The fraction of sp³-hybridized carbons (Fsp3) is 0.379. The monoisotopic (exact) mass is 566 g/mol. The molecule has 3 aromatic rings. The Kier molecular flexibility index (Phi) is 11.2. The van der Waals surface area contributed by atoms with Crippen molar-refractivity contribution in [3.8, 4) is 5.75 Å². The molecule has 0 saturated heterocycles. The Morgan fingerprint density at radius 3 is 2.24 bits per heavy atom. The molecule has 1 aromatic heterocycles. The summed E-state index contributed by atoms with van der Waals surface area (Å²) in [5.74, 6) is -3.04. The Labute approximate surface area is 237 Å². The molecule has 1 heterocycles. The van der Waals surface area contributed by atoms with E-state index in [1.807, 2.05) is 24.3 Å². The van der Waals surface area contributed by atoms with Gasteiger partial charge in [-0.05, 0) is 55.6 Å². The van der Waals surface area contributed by atoms with Crippen LogP contribution in [0.5, 0.6) is 5.75 Å². The standard InChI is InChI=1S/C29H38N6O6/c1-17(26(37)35-25(29(40)41)15-19-16-32-23-8-3-2-6-21(19)23)33-28(39)24(14-18-9-11-20(36)12-10-18)34-27(38)22(31)7-4-5-13-30/h2-3,6,8-12,16-17,22,24-25,32,36H,4-5,7,13-15,30-31H2,1H3,(H,33,39)(H,34,38)(H,35,37)(H,40,41). The Morgan fingerprint density at radius 1 is 0.878 bits per heavy atom. The van der Waals surface area contributed by atoms with E-state index in [-0.39, 0.29) is 18.6 Å². The molecule has 0 aliphatic heterocycles. The van der Waals surface area contributed by atoms with E-state index >= 15 is 0 Å². The second-order valence-corrected chi connectivity index (χ2v) is 10.0. The lowest BCUT2D eigenvalue weighted by molar-refractivity contribution is -0.142. The molecule has 12 heteroatoms. The molecule has 220 valence electrons. The first kappa shape index (κ1) is 31.1. The molecule has 0 spiro atoms. The van der Waals surface area contributed by atoms with E-state index in [0.717, 1.165) is 16.5 Å². The van der Waals surface area contributed by atoms with E-state index in [1.54, 1.807) is 18.3 Å². The Morgan fingerprint density at radius 2 is 1.56 bits per heavy atom. The first-order valence-corrected chi connectivity index (χ1v) is 13.5. The Bertz CT molecular complexity index is 1340. The number of hydrogen-bond acceptors (Lipinski definition) is 7. The molecule has 4 unspecified atom stereocenters. The van der Waals surface area contributed by atoms with Gasteiger partial charge in [0.25, 0.3) is 0 Å². The molecule has 0 radical (unpaired) electrons. The number of carbonyl (C=O) groups excluding carboxylic acids is 3. The van der Waals surface area contributed by atoms with Gasteiger partial charge in [0, 0.05) is 29.9 Å². The topological polar surface area (TPSA) is 213 Å². The zero-order chi connectivity index (χ0) is 29.9. The third kappa shape index (κ3) is 9.05. The molecular weight excluding hydrogens is 528 g/mol. The molecule has 4 atom stereocenters. The van der Waals surface area contributed by atoms with Gasteiger partial charge in [0.15, 0.2) is 0 Å². The molecule has 3 amide bonds. The van der Waals surface area contributed by atoms with Gasteiger partial charge in [-0.1, -0.05) is 36.8 Å². The van der Waals surface area contributed by atoms with Crippen LogP contribution in [0.2, 0.25) is 0 Å². The lowest BCUT2D eigenvalue weighted by Crippen LogP contribution is -2.57. The molecule has 0 saturated carbocycles. The van der Waals surface area contributed by atoms with Crippen LogP contribution in [0.4, 0.5) is 0 Å². The summed E-state index contributed by atoms with van der Waals surface area (Å²) in [7, 11) is 0. The number of benzene rings is 2. The maximum atomic E-state index is 13.2. The van der Waals surface area contributed by atoms with Gasteiger partial charge in [0.2, 0.25) is 17.7 Å². The summed E-state index contributed by atoms with van der Waals surface area (Å²) in [5.41, 5.74) is 13.7. The number of aromatic nitrogens is 1. The summed E-state index contributed by atoms with van der Waals surface area (Å²) in [6.45, 7) is 1.90. The van der Waals surface area contributed by atoms with Gasteiger partial charge in [-0.15, -0.1) is 0 Å². The first-order chi connectivity index (χ1) is 19.6. The minimum absolute atomic E-state index is 0.0351. The average molecular weight is 567 g/mol. The number of aliphatic carboxylic acids is 1. The van der Waals surface area contributed by atoms with E-state index in [2.05, 4.69) is 20.9 Å². The zero-order valence-corrected chi connectivity index (χ0v) is 22.9. The number of nitrogens with two attached hydrogens (primary N) is 2. The number of phenolic OH excluding ortho intramolecular Hbond substituents is 1. The van der Waals surface area contributed by atoms with Crippen molar-refractivity contribution in [2.24, 2.45) is 11.5 Å². The van der Waals surface area contributed by atoms with Crippen LogP contribution in [0.25, 0.3) is 10.9 Å². The molecule has 0 aliphatic rings. The molecule has 0 fully saturated rings. The third-order valence-corrected chi connectivity index (χ3v) is 6.78. The SMILES string of the molecule is CC(NC(=O)C(Cc1ccc(O)cc1)NC(=O)C(N)CCCCN)C(=O)NC(Cc1c[nH]c2ccccc12)C(=O)O. The van der Waals surface area contributed by atoms with E-state index in [0.29, 0.717) is 31.4 Å². The highest BCUT2D eigenvalue weighted by Gasteiger charge is 2.29. The predicted octanol–water partition coefficient (Wildman–Crippen LogP) is 0.674. The minimum Gasteiger partial charge on any atom is -0.508 e. The molecule has 10 N–H and O–H groups in total. The summed E-state index contributed by atoms with van der Waals surface area (Å²) in [6, 6.07) is 9.29. The van der Waals surface area contributed by atoms with E-state index < -0.39 is 47.9 Å². The van der Waals surface area contributed by atoms with Crippen LogP contribution < -0.4 is 27.4 Å². The Hall–Kier alpha value is -4.42. The van der Waals surface area contributed by atoms with E-state index in [4.69, 9.17) is 11.5 Å². The quantitative estimate of drug-likeness (QED) is 0.122. The molecule has 12 nitrogen and oxygen atoms in total. The zero-order valence-electron chi connectivity index (χ0n) is 22.9. The van der Waals surface area contributed by atoms with Gasteiger partial charge in [0.1, 0.15) is 23.9 Å². The number of carboxylic acid groups (broad SMARTS) is 1. The molecule has 0 aliphatic carbocycles. The number of amides is 3. The summed E-state index contributed by atoms with van der Waals surface area (Å²) in [6.07, 6.45) is 3.56. The van der Waals surface area contributed by atoms with Gasteiger partial charge in [0.05, 0.1) is 6.04 Å². The van der Waals surface area contributed by atoms with Crippen molar-refractivity contribution in [3.05, 3.63) is 65.9 Å². The molecule has 2 aromatic carbocycles. The van der Waals surface area contributed by atoms with Gasteiger partial charge >= 0.3 is 5.97 Å². The summed E-state index contributed by atoms with van der Waals surface area (Å²) >= 11 is 0. The molecule has 3 rings (SSSR count). The van der Waals surface area contributed by atoms with Crippen molar-refractivity contribution in [2.45, 2.75) is 63.2 Å². The average Bonchev–Trinajstić information content (AvgIpc) is 3.36. The number of unbranched alkanes of at least 4 members (excludes halogenated alkanes) is 1. The largest absolute Gasteiger partial charge is 0.508 e. The van der Waals surface area contributed by atoms with Crippen LogP contribution in [-0.4, -0.2) is 69.6 Å². The van der Waals surface area contributed by atoms with Crippen molar-refractivity contribution < 1.29 is 29.4 Å². The number of aromatic hydroxyl groups is 1.